The number of fused-ring (bicyclic) bond motifs is 3. The highest BCUT2D eigenvalue weighted by Crippen LogP contribution is 2.33. The molecule has 0 aromatic heterocycles. The molecule has 0 heterocycles. The van der Waals surface area contributed by atoms with E-state index in [1.54, 1.807) is 0 Å². The molecule has 0 aliphatic heterocycles. The summed E-state index contributed by atoms with van der Waals surface area (Å²) in [5, 5.41) is 0. The van der Waals surface area contributed by atoms with Gasteiger partial charge in [0.25, 0.3) is 0 Å². The first-order chi connectivity index (χ1) is 8.45. The summed E-state index contributed by atoms with van der Waals surface area (Å²) in [6, 6.07) is 0. The SMILES string of the molecule is C1=CC=C2C=CC=C3C=CC=CC=C3C2C=C1. The zero-order chi connectivity index (χ0) is 11.5. The average molecular weight is 218 g/mol. The van der Waals surface area contributed by atoms with Gasteiger partial charge in [-0.1, -0.05) is 79.0 Å². The zero-order valence-electron chi connectivity index (χ0n) is 9.58. The van der Waals surface area contributed by atoms with E-state index in [4.69, 9.17) is 0 Å². The predicted octanol–water partition coefficient (Wildman–Crippen LogP) is 4.20. The van der Waals surface area contributed by atoms with E-state index in [1.807, 2.05) is 0 Å². The highest BCUT2D eigenvalue weighted by atomic mass is 14.2. The molecule has 3 aliphatic rings. The fourth-order valence-corrected chi connectivity index (χ4v) is 2.34. The van der Waals surface area contributed by atoms with Crippen LogP contribution in [0.4, 0.5) is 0 Å². The molecule has 0 fully saturated rings. The Balaban J connectivity index is 2.14. The Morgan fingerprint density at radius 1 is 0.647 bits per heavy atom. The Morgan fingerprint density at radius 2 is 1.53 bits per heavy atom. The van der Waals surface area contributed by atoms with Crippen LogP contribution in [0.1, 0.15) is 0 Å². The lowest BCUT2D eigenvalue weighted by molar-refractivity contribution is 0.947. The van der Waals surface area contributed by atoms with Crippen molar-refractivity contribution >= 4 is 0 Å². The number of hydrogen-bond donors (Lipinski definition) is 0. The van der Waals surface area contributed by atoms with Crippen LogP contribution < -0.4 is 0 Å². The smallest absolute Gasteiger partial charge is 0.0278 e. The summed E-state index contributed by atoms with van der Waals surface area (Å²) in [5.74, 6) is 0.363. The monoisotopic (exact) mass is 218 g/mol. The highest BCUT2D eigenvalue weighted by molar-refractivity contribution is 5.56. The molecule has 0 N–H and O–H groups in total. The van der Waals surface area contributed by atoms with Crippen LogP contribution in [-0.4, -0.2) is 0 Å². The summed E-state index contributed by atoms with van der Waals surface area (Å²) in [6.07, 6.45) is 28.0. The minimum absolute atomic E-state index is 0.363. The van der Waals surface area contributed by atoms with Crippen LogP contribution in [0.25, 0.3) is 0 Å². The molecule has 0 nitrogen and oxygen atoms in total. The van der Waals surface area contributed by atoms with Crippen molar-refractivity contribution in [1.29, 1.82) is 0 Å². The van der Waals surface area contributed by atoms with E-state index in [9.17, 15) is 0 Å². The van der Waals surface area contributed by atoms with Gasteiger partial charge in [-0.15, -0.1) is 0 Å². The summed E-state index contributed by atoms with van der Waals surface area (Å²) < 4.78 is 0. The topological polar surface area (TPSA) is 0 Å². The molecular weight excluding hydrogens is 204 g/mol. The summed E-state index contributed by atoms with van der Waals surface area (Å²) in [6.45, 7) is 0. The van der Waals surface area contributed by atoms with Gasteiger partial charge in [0, 0.05) is 5.92 Å². The quantitative estimate of drug-likeness (QED) is 0.571. The van der Waals surface area contributed by atoms with Crippen molar-refractivity contribution in [3.63, 3.8) is 0 Å². The van der Waals surface area contributed by atoms with Crippen LogP contribution >= 0.6 is 0 Å². The second-order valence-electron chi connectivity index (χ2n) is 4.26. The maximum absolute atomic E-state index is 2.26. The van der Waals surface area contributed by atoms with Crippen molar-refractivity contribution in [2.45, 2.75) is 0 Å². The van der Waals surface area contributed by atoms with Crippen LogP contribution in [0.2, 0.25) is 0 Å². The van der Waals surface area contributed by atoms with Gasteiger partial charge >= 0.3 is 0 Å². The van der Waals surface area contributed by atoms with Gasteiger partial charge in [-0.2, -0.15) is 0 Å². The van der Waals surface area contributed by atoms with Crippen molar-refractivity contribution in [3.8, 4) is 0 Å². The Bertz CT molecular complexity index is 555. The van der Waals surface area contributed by atoms with Gasteiger partial charge < -0.3 is 0 Å². The maximum Gasteiger partial charge on any atom is 0.0278 e. The van der Waals surface area contributed by atoms with Crippen LogP contribution in [-0.2, 0) is 0 Å². The van der Waals surface area contributed by atoms with E-state index < -0.39 is 0 Å². The van der Waals surface area contributed by atoms with Gasteiger partial charge in [-0.3, -0.25) is 0 Å². The van der Waals surface area contributed by atoms with Gasteiger partial charge in [0.05, 0.1) is 0 Å². The Labute approximate surface area is 102 Å². The largest absolute Gasteiger partial charge is 0.0726 e. The van der Waals surface area contributed by atoms with Crippen LogP contribution in [0, 0.1) is 5.92 Å². The molecule has 3 rings (SSSR count). The normalized spacial score (nSPS) is 24.9. The van der Waals surface area contributed by atoms with Crippen molar-refractivity contribution < 1.29 is 0 Å². The Morgan fingerprint density at radius 3 is 2.53 bits per heavy atom. The van der Waals surface area contributed by atoms with Crippen LogP contribution in [0.15, 0.2) is 95.7 Å². The molecule has 0 aromatic carbocycles. The number of hydrogen-bond acceptors (Lipinski definition) is 0. The molecule has 0 heteroatoms. The lowest BCUT2D eigenvalue weighted by atomic mass is 9.87. The van der Waals surface area contributed by atoms with E-state index in [0.29, 0.717) is 5.92 Å². The molecular formula is C17H14. The van der Waals surface area contributed by atoms with Gasteiger partial charge in [-0.05, 0) is 16.7 Å². The average Bonchev–Trinajstić information content (AvgIpc) is 2.72. The van der Waals surface area contributed by atoms with E-state index in [1.165, 1.54) is 16.7 Å². The standard InChI is InChI=1S/C17H14/c1-3-8-14-10-7-11-15-9-4-2-6-13-17(15)16(14)12-5-1/h1-13,16H. The van der Waals surface area contributed by atoms with Crippen LogP contribution in [0.5, 0.6) is 0 Å². The fraction of sp³-hybridized carbons (Fsp3) is 0.0588. The Kier molecular flexibility index (Phi) is 2.63. The molecule has 0 aromatic rings. The Hall–Kier alpha value is -2.08. The third-order valence-electron chi connectivity index (χ3n) is 3.18. The first-order valence-corrected chi connectivity index (χ1v) is 5.94. The molecule has 82 valence electrons. The zero-order valence-corrected chi connectivity index (χ0v) is 9.58. The second kappa shape index (κ2) is 4.42. The fourth-order valence-electron chi connectivity index (χ4n) is 2.34. The summed E-state index contributed by atoms with van der Waals surface area (Å²) in [7, 11) is 0. The minimum atomic E-state index is 0.363. The summed E-state index contributed by atoms with van der Waals surface area (Å²) >= 11 is 0. The summed E-state index contributed by atoms with van der Waals surface area (Å²) in [5.41, 5.74) is 4.01. The second-order valence-corrected chi connectivity index (χ2v) is 4.26. The van der Waals surface area contributed by atoms with Gasteiger partial charge in [0.1, 0.15) is 0 Å². The van der Waals surface area contributed by atoms with Crippen molar-refractivity contribution in [2.75, 3.05) is 0 Å². The molecule has 0 spiro atoms. The van der Waals surface area contributed by atoms with Gasteiger partial charge in [0.15, 0.2) is 0 Å². The molecule has 3 aliphatic carbocycles. The predicted molar refractivity (Wildman–Crippen MR) is 73.4 cm³/mol. The van der Waals surface area contributed by atoms with E-state index in [-0.39, 0.29) is 0 Å². The third kappa shape index (κ3) is 1.94. The van der Waals surface area contributed by atoms with Crippen LogP contribution in [0.3, 0.4) is 0 Å². The summed E-state index contributed by atoms with van der Waals surface area (Å²) in [4.78, 5) is 0. The molecule has 0 radical (unpaired) electrons. The van der Waals surface area contributed by atoms with Gasteiger partial charge in [0.2, 0.25) is 0 Å². The molecule has 0 saturated carbocycles. The lowest BCUT2D eigenvalue weighted by Crippen LogP contribution is -2.03. The van der Waals surface area contributed by atoms with E-state index in [2.05, 4.69) is 79.0 Å². The molecule has 1 unspecified atom stereocenters. The van der Waals surface area contributed by atoms with Crippen molar-refractivity contribution in [2.24, 2.45) is 5.92 Å². The number of allylic oxidation sites excluding steroid dienone is 16. The molecule has 0 amide bonds. The highest BCUT2D eigenvalue weighted by Gasteiger charge is 2.18. The van der Waals surface area contributed by atoms with Crippen molar-refractivity contribution in [1.82, 2.24) is 0 Å². The van der Waals surface area contributed by atoms with E-state index in [0.717, 1.165) is 0 Å². The maximum atomic E-state index is 2.26. The van der Waals surface area contributed by atoms with Crippen molar-refractivity contribution in [3.05, 3.63) is 95.7 Å². The third-order valence-corrected chi connectivity index (χ3v) is 3.18. The first kappa shape index (κ1) is 10.1. The minimum Gasteiger partial charge on any atom is -0.0726 e. The lowest BCUT2D eigenvalue weighted by Gasteiger charge is -2.16. The molecule has 17 heavy (non-hydrogen) atoms. The molecule has 1 atom stereocenters. The van der Waals surface area contributed by atoms with E-state index >= 15 is 0 Å². The number of rotatable bonds is 0. The molecule has 0 saturated heterocycles. The first-order valence-electron chi connectivity index (χ1n) is 5.94. The molecule has 0 bridgehead atoms. The van der Waals surface area contributed by atoms with Gasteiger partial charge in [-0.25, -0.2) is 0 Å².